The van der Waals surface area contributed by atoms with Crippen LogP contribution in [0.1, 0.15) is 10.4 Å². The second kappa shape index (κ2) is 2.64. The van der Waals surface area contributed by atoms with Crippen molar-refractivity contribution >= 4 is 22.1 Å². The fourth-order valence-electron chi connectivity index (χ4n) is 1.06. The summed E-state index contributed by atoms with van der Waals surface area (Å²) in [6.45, 7) is 0. The first-order valence-corrected chi connectivity index (χ1v) is 4.33. The van der Waals surface area contributed by atoms with Crippen molar-refractivity contribution in [2.24, 2.45) is 0 Å². The van der Waals surface area contributed by atoms with Gasteiger partial charge in [0, 0.05) is 17.8 Å². The van der Waals surface area contributed by atoms with Gasteiger partial charge in [0.1, 0.15) is 0 Å². The molecule has 0 atom stereocenters. The predicted octanol–water partition coefficient (Wildman–Crippen LogP) is 1.79. The van der Waals surface area contributed by atoms with Crippen LogP contribution >= 0.6 is 11.3 Å². The second-order valence-corrected chi connectivity index (χ2v) is 3.30. The molecule has 2 heterocycles. The molecule has 0 amide bonds. The molecule has 0 bridgehead atoms. The summed E-state index contributed by atoms with van der Waals surface area (Å²) in [5, 5.41) is 1.97. The minimum absolute atomic E-state index is 0.286. The summed E-state index contributed by atoms with van der Waals surface area (Å²) in [6, 6.07) is 1.82. The molecule has 0 radical (unpaired) electrons. The molecule has 0 aliphatic heterocycles. The summed E-state index contributed by atoms with van der Waals surface area (Å²) in [4.78, 5) is 12.1. The predicted molar refractivity (Wildman–Crippen MR) is 46.6 cm³/mol. The van der Waals surface area contributed by atoms with Gasteiger partial charge in [-0.05, 0) is 6.07 Å². The van der Waals surface area contributed by atoms with E-state index in [-0.39, 0.29) is 5.97 Å². The van der Waals surface area contributed by atoms with E-state index in [0.717, 1.165) is 4.83 Å². The molecule has 0 unspecified atom stereocenters. The second-order valence-electron chi connectivity index (χ2n) is 2.37. The van der Waals surface area contributed by atoms with Gasteiger partial charge < -0.3 is 9.14 Å². The minimum Gasteiger partial charge on any atom is -0.465 e. The number of hydrogen-bond donors (Lipinski definition) is 0. The molecule has 62 valence electrons. The molecule has 0 saturated heterocycles. The highest BCUT2D eigenvalue weighted by Gasteiger charge is 2.08. The Labute approximate surface area is 73.2 Å². The number of rotatable bonds is 1. The summed E-state index contributed by atoms with van der Waals surface area (Å²) in [6.07, 6.45) is 3.67. The summed E-state index contributed by atoms with van der Waals surface area (Å²) in [5.74, 6) is -0.286. The summed E-state index contributed by atoms with van der Waals surface area (Å²) < 4.78 is 6.49. The third-order valence-electron chi connectivity index (χ3n) is 1.64. The minimum atomic E-state index is -0.286. The maximum Gasteiger partial charge on any atom is 0.339 e. The van der Waals surface area contributed by atoms with E-state index < -0.39 is 0 Å². The number of thiazole rings is 1. The van der Waals surface area contributed by atoms with E-state index in [1.807, 2.05) is 22.0 Å². The SMILES string of the molecule is COC(=O)c1cc2sccn2c1. The van der Waals surface area contributed by atoms with Crippen molar-refractivity contribution in [3.8, 4) is 0 Å². The zero-order valence-electron chi connectivity index (χ0n) is 6.48. The van der Waals surface area contributed by atoms with Crippen LogP contribution in [0, 0.1) is 0 Å². The average molecular weight is 181 g/mol. The highest BCUT2D eigenvalue weighted by Crippen LogP contribution is 2.15. The standard InChI is InChI=1S/C8H7NO2S/c1-11-8(10)6-4-7-9(5-6)2-3-12-7/h2-5H,1H3. The summed E-state index contributed by atoms with van der Waals surface area (Å²) in [7, 11) is 1.38. The molecule has 4 heteroatoms. The Morgan fingerprint density at radius 2 is 2.50 bits per heavy atom. The van der Waals surface area contributed by atoms with Gasteiger partial charge in [0.2, 0.25) is 0 Å². The molecule has 0 spiro atoms. The van der Waals surface area contributed by atoms with E-state index in [1.165, 1.54) is 7.11 Å². The van der Waals surface area contributed by atoms with E-state index in [2.05, 4.69) is 4.74 Å². The van der Waals surface area contributed by atoms with Crippen LogP contribution in [0.4, 0.5) is 0 Å². The maximum atomic E-state index is 11.1. The topological polar surface area (TPSA) is 30.7 Å². The van der Waals surface area contributed by atoms with E-state index >= 15 is 0 Å². The van der Waals surface area contributed by atoms with Gasteiger partial charge in [-0.2, -0.15) is 0 Å². The lowest BCUT2D eigenvalue weighted by Crippen LogP contribution is -1.98. The van der Waals surface area contributed by atoms with Crippen LogP contribution in [0.25, 0.3) is 4.83 Å². The van der Waals surface area contributed by atoms with Crippen molar-refractivity contribution < 1.29 is 9.53 Å². The number of esters is 1. The van der Waals surface area contributed by atoms with E-state index in [9.17, 15) is 4.79 Å². The van der Waals surface area contributed by atoms with Gasteiger partial charge in [0.05, 0.1) is 17.5 Å². The number of carbonyl (C=O) groups is 1. The zero-order valence-corrected chi connectivity index (χ0v) is 7.30. The average Bonchev–Trinajstić information content (AvgIpc) is 2.60. The van der Waals surface area contributed by atoms with Gasteiger partial charge in [-0.1, -0.05) is 0 Å². The molecule has 2 aromatic rings. The number of fused-ring (bicyclic) bond motifs is 1. The summed E-state index contributed by atoms with van der Waals surface area (Å²) >= 11 is 1.59. The van der Waals surface area contributed by atoms with Crippen LogP contribution in [-0.2, 0) is 4.74 Å². The number of methoxy groups -OCH3 is 1. The molecule has 0 aliphatic rings. The molecule has 0 aromatic carbocycles. The van der Waals surface area contributed by atoms with Crippen molar-refractivity contribution in [3.63, 3.8) is 0 Å². The Morgan fingerprint density at radius 1 is 1.67 bits per heavy atom. The van der Waals surface area contributed by atoms with Crippen LogP contribution in [0.5, 0.6) is 0 Å². The first kappa shape index (κ1) is 7.36. The van der Waals surface area contributed by atoms with E-state index in [4.69, 9.17) is 0 Å². The van der Waals surface area contributed by atoms with Gasteiger partial charge in [-0.15, -0.1) is 11.3 Å². The lowest BCUT2D eigenvalue weighted by Gasteiger charge is -1.91. The quantitative estimate of drug-likeness (QED) is 0.628. The number of ether oxygens (including phenoxy) is 1. The lowest BCUT2D eigenvalue weighted by molar-refractivity contribution is 0.0601. The van der Waals surface area contributed by atoms with Gasteiger partial charge in [-0.3, -0.25) is 0 Å². The molecular formula is C8H7NO2S. The molecular weight excluding hydrogens is 174 g/mol. The Kier molecular flexibility index (Phi) is 1.62. The third kappa shape index (κ3) is 1.00. The van der Waals surface area contributed by atoms with Crippen LogP contribution in [0.2, 0.25) is 0 Å². The van der Waals surface area contributed by atoms with Gasteiger partial charge in [0.15, 0.2) is 0 Å². The van der Waals surface area contributed by atoms with E-state index in [0.29, 0.717) is 5.56 Å². The van der Waals surface area contributed by atoms with Crippen molar-refractivity contribution in [2.45, 2.75) is 0 Å². The largest absolute Gasteiger partial charge is 0.465 e. The fraction of sp³-hybridized carbons (Fsp3) is 0.125. The normalized spacial score (nSPS) is 10.4. The molecule has 12 heavy (non-hydrogen) atoms. The number of nitrogens with zero attached hydrogens (tertiary/aromatic N) is 1. The Morgan fingerprint density at radius 3 is 3.17 bits per heavy atom. The Bertz CT molecular complexity index is 387. The molecule has 2 rings (SSSR count). The number of hydrogen-bond acceptors (Lipinski definition) is 3. The molecule has 2 aromatic heterocycles. The molecule has 0 aliphatic carbocycles. The van der Waals surface area contributed by atoms with Crippen molar-refractivity contribution in [1.82, 2.24) is 4.40 Å². The molecule has 0 saturated carbocycles. The number of carbonyl (C=O) groups excluding carboxylic acids is 1. The first-order valence-electron chi connectivity index (χ1n) is 3.45. The van der Waals surface area contributed by atoms with Crippen LogP contribution in [-0.4, -0.2) is 17.5 Å². The zero-order chi connectivity index (χ0) is 8.55. The van der Waals surface area contributed by atoms with Crippen molar-refractivity contribution in [3.05, 3.63) is 29.4 Å². The summed E-state index contributed by atoms with van der Waals surface area (Å²) in [5.41, 5.74) is 0.601. The maximum absolute atomic E-state index is 11.1. The monoisotopic (exact) mass is 181 g/mol. The van der Waals surface area contributed by atoms with Gasteiger partial charge >= 0.3 is 5.97 Å². The molecule has 3 nitrogen and oxygen atoms in total. The first-order chi connectivity index (χ1) is 5.81. The van der Waals surface area contributed by atoms with Crippen molar-refractivity contribution in [2.75, 3.05) is 7.11 Å². The van der Waals surface area contributed by atoms with E-state index in [1.54, 1.807) is 17.5 Å². The Balaban J connectivity index is 2.51. The van der Waals surface area contributed by atoms with Crippen LogP contribution in [0.3, 0.4) is 0 Å². The highest BCUT2D eigenvalue weighted by atomic mass is 32.1. The number of aromatic nitrogens is 1. The smallest absolute Gasteiger partial charge is 0.339 e. The highest BCUT2D eigenvalue weighted by molar-refractivity contribution is 7.15. The third-order valence-corrected chi connectivity index (χ3v) is 2.47. The van der Waals surface area contributed by atoms with Crippen LogP contribution < -0.4 is 0 Å². The van der Waals surface area contributed by atoms with Gasteiger partial charge in [-0.25, -0.2) is 4.79 Å². The van der Waals surface area contributed by atoms with Gasteiger partial charge in [0.25, 0.3) is 0 Å². The molecule has 0 N–H and O–H groups in total. The lowest BCUT2D eigenvalue weighted by atomic mass is 10.3. The molecule has 0 fully saturated rings. The van der Waals surface area contributed by atoms with Crippen molar-refractivity contribution in [1.29, 1.82) is 0 Å². The fourth-order valence-corrected chi connectivity index (χ4v) is 1.83. The Hall–Kier alpha value is -1.29. The van der Waals surface area contributed by atoms with Crippen LogP contribution in [0.15, 0.2) is 23.8 Å².